The lowest BCUT2D eigenvalue weighted by molar-refractivity contribution is 0.0710. The van der Waals surface area contributed by atoms with Crippen LogP contribution in [0.1, 0.15) is 33.9 Å². The van der Waals surface area contributed by atoms with E-state index in [0.29, 0.717) is 12.2 Å². The summed E-state index contributed by atoms with van der Waals surface area (Å²) in [4.78, 5) is 22.0. The van der Waals surface area contributed by atoms with E-state index < -0.39 is 5.82 Å². The van der Waals surface area contributed by atoms with E-state index in [2.05, 4.69) is 15.1 Å². The molecule has 32 heavy (non-hydrogen) atoms. The molecule has 1 atom stereocenters. The largest absolute Gasteiger partial charge is 0.497 e. The molecular formula is C25H19FN4O2. The number of hydrazone groups is 1. The van der Waals surface area contributed by atoms with Gasteiger partial charge in [0.15, 0.2) is 0 Å². The molecule has 1 aliphatic rings. The standard InChI is InChI=1S/C25H19FN4O2/c1-32-20-7-3-4-16(13-20)22-15-24(17-8-9-21-23(14-17)28-11-10-27-21)30(29-22)25(31)18-5-2-6-19(26)12-18/h2-14,24H,15H2,1H3/t24-/m1/s1. The van der Waals surface area contributed by atoms with Crippen LogP contribution >= 0.6 is 0 Å². The zero-order chi connectivity index (χ0) is 22.1. The number of amides is 1. The number of fused-ring (bicyclic) bond motifs is 1. The van der Waals surface area contributed by atoms with Gasteiger partial charge >= 0.3 is 0 Å². The fourth-order valence-electron chi connectivity index (χ4n) is 3.88. The van der Waals surface area contributed by atoms with E-state index in [4.69, 9.17) is 4.74 Å². The van der Waals surface area contributed by atoms with Gasteiger partial charge in [0.1, 0.15) is 11.6 Å². The maximum atomic E-state index is 13.8. The average molecular weight is 426 g/mol. The lowest BCUT2D eigenvalue weighted by Crippen LogP contribution is -2.27. The second kappa shape index (κ2) is 8.19. The van der Waals surface area contributed by atoms with Crippen molar-refractivity contribution in [2.24, 2.45) is 5.10 Å². The molecular weight excluding hydrogens is 407 g/mol. The number of rotatable bonds is 4. The number of halogens is 1. The summed E-state index contributed by atoms with van der Waals surface area (Å²) in [5, 5.41) is 6.10. The Balaban J connectivity index is 1.58. The number of benzene rings is 3. The molecule has 0 saturated carbocycles. The summed E-state index contributed by atoms with van der Waals surface area (Å²) in [5.41, 5.74) is 4.24. The minimum atomic E-state index is -0.468. The number of hydrogen-bond acceptors (Lipinski definition) is 5. The van der Waals surface area contributed by atoms with E-state index >= 15 is 0 Å². The molecule has 0 aliphatic carbocycles. The number of nitrogens with zero attached hydrogens (tertiary/aromatic N) is 4. The molecule has 3 aromatic carbocycles. The van der Waals surface area contributed by atoms with Gasteiger partial charge in [0.25, 0.3) is 5.91 Å². The van der Waals surface area contributed by atoms with E-state index in [9.17, 15) is 9.18 Å². The van der Waals surface area contributed by atoms with Gasteiger partial charge in [0.2, 0.25) is 0 Å². The monoisotopic (exact) mass is 426 g/mol. The first-order chi connectivity index (χ1) is 15.6. The SMILES string of the molecule is COc1cccc(C2=NN(C(=O)c3cccc(F)c3)[C@@H](c3ccc4nccnc4c3)C2)c1. The first-order valence-corrected chi connectivity index (χ1v) is 10.1. The Kier molecular flexibility index (Phi) is 5.07. The van der Waals surface area contributed by atoms with Crippen molar-refractivity contribution < 1.29 is 13.9 Å². The number of hydrogen-bond donors (Lipinski definition) is 0. The normalized spacial score (nSPS) is 15.6. The third-order valence-electron chi connectivity index (χ3n) is 5.47. The van der Waals surface area contributed by atoms with Gasteiger partial charge < -0.3 is 4.74 Å². The summed E-state index contributed by atoms with van der Waals surface area (Å²) in [6.45, 7) is 0. The van der Waals surface area contributed by atoms with E-state index in [1.807, 2.05) is 42.5 Å². The van der Waals surface area contributed by atoms with Crippen LogP contribution in [0.25, 0.3) is 11.0 Å². The topological polar surface area (TPSA) is 67.7 Å². The van der Waals surface area contributed by atoms with Gasteiger partial charge in [-0.05, 0) is 48.0 Å². The molecule has 158 valence electrons. The summed E-state index contributed by atoms with van der Waals surface area (Å²) >= 11 is 0. The lowest BCUT2D eigenvalue weighted by Gasteiger charge is -2.22. The maximum Gasteiger partial charge on any atom is 0.274 e. The number of carbonyl (C=O) groups excluding carboxylic acids is 1. The molecule has 7 heteroatoms. The summed E-state index contributed by atoms with van der Waals surface area (Å²) in [7, 11) is 1.61. The lowest BCUT2D eigenvalue weighted by atomic mass is 9.97. The molecule has 1 aliphatic heterocycles. The van der Waals surface area contributed by atoms with Crippen molar-refractivity contribution in [3.05, 3.63) is 102 Å². The van der Waals surface area contributed by atoms with Crippen LogP contribution < -0.4 is 4.74 Å². The van der Waals surface area contributed by atoms with E-state index in [-0.39, 0.29) is 17.5 Å². The minimum Gasteiger partial charge on any atom is -0.497 e. The maximum absolute atomic E-state index is 13.8. The van der Waals surface area contributed by atoms with Crippen LogP contribution in [-0.4, -0.2) is 33.7 Å². The Morgan fingerprint density at radius 2 is 1.81 bits per heavy atom. The smallest absolute Gasteiger partial charge is 0.274 e. The average Bonchev–Trinajstić information content (AvgIpc) is 3.29. The highest BCUT2D eigenvalue weighted by molar-refractivity contribution is 6.05. The second-order valence-electron chi connectivity index (χ2n) is 7.46. The van der Waals surface area contributed by atoms with E-state index in [1.165, 1.54) is 23.2 Å². The molecule has 0 radical (unpaired) electrons. The Morgan fingerprint density at radius 3 is 2.62 bits per heavy atom. The summed E-state index contributed by atoms with van der Waals surface area (Å²) in [5.74, 6) is -0.131. The zero-order valence-corrected chi connectivity index (χ0v) is 17.3. The van der Waals surface area contributed by atoms with Crippen LogP contribution in [0.3, 0.4) is 0 Å². The molecule has 0 unspecified atom stereocenters. The predicted octanol–water partition coefficient (Wildman–Crippen LogP) is 4.77. The summed E-state index contributed by atoms with van der Waals surface area (Å²) < 4.78 is 19.1. The van der Waals surface area contributed by atoms with Gasteiger partial charge in [-0.15, -0.1) is 0 Å². The molecule has 0 bridgehead atoms. The summed E-state index contributed by atoms with van der Waals surface area (Å²) in [6, 6.07) is 18.6. The van der Waals surface area contributed by atoms with Crippen molar-refractivity contribution in [2.45, 2.75) is 12.5 Å². The molecule has 5 rings (SSSR count). The minimum absolute atomic E-state index is 0.242. The van der Waals surface area contributed by atoms with Crippen LogP contribution in [0, 0.1) is 5.82 Å². The fraction of sp³-hybridized carbons (Fsp3) is 0.120. The molecule has 6 nitrogen and oxygen atoms in total. The van der Waals surface area contributed by atoms with Crippen molar-refractivity contribution in [3.63, 3.8) is 0 Å². The first-order valence-electron chi connectivity index (χ1n) is 10.1. The number of carbonyl (C=O) groups is 1. The van der Waals surface area contributed by atoms with Crippen molar-refractivity contribution in [1.29, 1.82) is 0 Å². The number of ether oxygens (including phenoxy) is 1. The van der Waals surface area contributed by atoms with E-state index in [1.54, 1.807) is 25.6 Å². The number of aromatic nitrogens is 2. The predicted molar refractivity (Wildman–Crippen MR) is 119 cm³/mol. The third kappa shape index (κ3) is 3.69. The second-order valence-corrected chi connectivity index (χ2v) is 7.46. The van der Waals surface area contributed by atoms with Crippen molar-refractivity contribution in [2.75, 3.05) is 7.11 Å². The Hall–Kier alpha value is -4.13. The van der Waals surface area contributed by atoms with Crippen molar-refractivity contribution in [3.8, 4) is 5.75 Å². The molecule has 0 spiro atoms. The quantitative estimate of drug-likeness (QED) is 0.472. The van der Waals surface area contributed by atoms with Gasteiger partial charge in [-0.1, -0.05) is 24.3 Å². The van der Waals surface area contributed by atoms with Gasteiger partial charge in [-0.2, -0.15) is 5.10 Å². The highest BCUT2D eigenvalue weighted by Crippen LogP contribution is 2.35. The summed E-state index contributed by atoms with van der Waals surface area (Å²) in [6.07, 6.45) is 3.77. The molecule has 1 aromatic heterocycles. The van der Waals surface area contributed by atoms with Gasteiger partial charge in [-0.25, -0.2) is 9.40 Å². The van der Waals surface area contributed by atoms with Gasteiger partial charge in [-0.3, -0.25) is 14.8 Å². The Labute approximate surface area is 184 Å². The van der Waals surface area contributed by atoms with Crippen molar-refractivity contribution >= 4 is 22.7 Å². The van der Waals surface area contributed by atoms with E-state index in [0.717, 1.165) is 27.9 Å². The van der Waals surface area contributed by atoms with Crippen molar-refractivity contribution in [1.82, 2.24) is 15.0 Å². The fourth-order valence-corrected chi connectivity index (χ4v) is 3.88. The third-order valence-corrected chi connectivity index (χ3v) is 5.47. The van der Waals surface area contributed by atoms with Crippen LogP contribution in [0.15, 0.2) is 84.2 Å². The van der Waals surface area contributed by atoms with Crippen LogP contribution in [0.5, 0.6) is 5.75 Å². The first kappa shape index (κ1) is 19.8. The van der Waals surface area contributed by atoms with Crippen LogP contribution in [-0.2, 0) is 0 Å². The molecule has 2 heterocycles. The van der Waals surface area contributed by atoms with Gasteiger partial charge in [0, 0.05) is 29.9 Å². The molecule has 0 N–H and O–H groups in total. The van der Waals surface area contributed by atoms with Gasteiger partial charge in [0.05, 0.1) is 29.9 Å². The number of methoxy groups -OCH3 is 1. The van der Waals surface area contributed by atoms with Crippen LogP contribution in [0.4, 0.5) is 4.39 Å². The Bertz CT molecular complexity index is 1350. The highest BCUT2D eigenvalue weighted by atomic mass is 19.1. The molecule has 4 aromatic rings. The van der Waals surface area contributed by atoms with Crippen LogP contribution in [0.2, 0.25) is 0 Å². The molecule has 1 amide bonds. The Morgan fingerprint density at radius 1 is 1.00 bits per heavy atom. The highest BCUT2D eigenvalue weighted by Gasteiger charge is 2.34. The zero-order valence-electron chi connectivity index (χ0n) is 17.3. The molecule has 0 saturated heterocycles. The molecule has 0 fully saturated rings.